The second kappa shape index (κ2) is 7.13. The molecule has 2 aliphatic rings. The van der Waals surface area contributed by atoms with Gasteiger partial charge in [-0.15, -0.1) is 0 Å². The van der Waals surface area contributed by atoms with Crippen LogP contribution in [0, 0.1) is 11.8 Å². The molecule has 1 aliphatic heterocycles. The third kappa shape index (κ3) is 3.60. The molecule has 1 N–H and O–H groups in total. The number of piperazine rings is 1. The highest BCUT2D eigenvalue weighted by atomic mass is 16.5. The zero-order valence-corrected chi connectivity index (χ0v) is 14.2. The normalized spacial score (nSPS) is 22.4. The molecule has 0 radical (unpaired) electrons. The molecule has 7 nitrogen and oxygen atoms in total. The van der Waals surface area contributed by atoms with E-state index in [0.717, 1.165) is 0 Å². The van der Waals surface area contributed by atoms with Crippen molar-refractivity contribution >= 4 is 17.8 Å². The van der Waals surface area contributed by atoms with E-state index in [2.05, 4.69) is 0 Å². The maximum atomic E-state index is 12.7. The zero-order chi connectivity index (χ0) is 18.0. The molecule has 0 bridgehead atoms. The van der Waals surface area contributed by atoms with Crippen LogP contribution in [0.25, 0.3) is 0 Å². The lowest BCUT2D eigenvalue weighted by molar-refractivity contribution is -0.142. The lowest BCUT2D eigenvalue weighted by Crippen LogP contribution is -2.51. The van der Waals surface area contributed by atoms with Crippen LogP contribution < -0.4 is 4.74 Å². The predicted molar refractivity (Wildman–Crippen MR) is 89.3 cm³/mol. The topological polar surface area (TPSA) is 87.2 Å². The number of carbonyl (C=O) groups is 3. The third-order valence-electron chi connectivity index (χ3n) is 4.72. The monoisotopic (exact) mass is 346 g/mol. The molecule has 2 atom stereocenters. The Morgan fingerprint density at radius 2 is 1.72 bits per heavy atom. The van der Waals surface area contributed by atoms with Gasteiger partial charge < -0.3 is 19.6 Å². The lowest BCUT2D eigenvalue weighted by Gasteiger charge is -2.35. The predicted octanol–water partition coefficient (Wildman–Crippen LogP) is 1.09. The summed E-state index contributed by atoms with van der Waals surface area (Å²) in [5.74, 6) is -1.47. The summed E-state index contributed by atoms with van der Waals surface area (Å²) in [6.07, 6.45) is 0.426. The summed E-state index contributed by atoms with van der Waals surface area (Å²) in [6.45, 7) is 4.10. The van der Waals surface area contributed by atoms with Crippen molar-refractivity contribution in [1.29, 1.82) is 0 Å². The standard InChI is InChI=1S/C18H22N2O5/c1-2-25-15-6-4-3-5-12(15)16(21)19-7-9-20(10-8-19)17(22)13-11-14(13)18(23)24/h3-6,13-14H,2,7-11H2,1H3,(H,23,24)/t13-,14+/m1/s1. The van der Waals surface area contributed by atoms with Crippen molar-refractivity contribution in [1.82, 2.24) is 9.80 Å². The first-order valence-corrected chi connectivity index (χ1v) is 8.55. The number of nitrogens with zero attached hydrogens (tertiary/aromatic N) is 2. The smallest absolute Gasteiger partial charge is 0.307 e. The number of para-hydroxylation sites is 1. The molecule has 1 aliphatic carbocycles. The van der Waals surface area contributed by atoms with Crippen LogP contribution in [0.1, 0.15) is 23.7 Å². The van der Waals surface area contributed by atoms with Crippen molar-refractivity contribution < 1.29 is 24.2 Å². The van der Waals surface area contributed by atoms with Crippen LogP contribution in [-0.2, 0) is 9.59 Å². The largest absolute Gasteiger partial charge is 0.493 e. The summed E-state index contributed by atoms with van der Waals surface area (Å²) >= 11 is 0. The van der Waals surface area contributed by atoms with Gasteiger partial charge in [-0.05, 0) is 25.5 Å². The van der Waals surface area contributed by atoms with E-state index < -0.39 is 17.8 Å². The molecule has 3 rings (SSSR count). The maximum Gasteiger partial charge on any atom is 0.307 e. The van der Waals surface area contributed by atoms with Gasteiger partial charge >= 0.3 is 5.97 Å². The van der Waals surface area contributed by atoms with Gasteiger partial charge in [-0.3, -0.25) is 14.4 Å². The third-order valence-corrected chi connectivity index (χ3v) is 4.72. The van der Waals surface area contributed by atoms with Crippen LogP contribution in [0.2, 0.25) is 0 Å². The van der Waals surface area contributed by atoms with E-state index in [4.69, 9.17) is 9.84 Å². The lowest BCUT2D eigenvalue weighted by atomic mass is 10.1. The molecule has 1 saturated carbocycles. The molecular weight excluding hydrogens is 324 g/mol. The van der Waals surface area contributed by atoms with Gasteiger partial charge in [-0.2, -0.15) is 0 Å². The molecule has 1 aromatic carbocycles. The maximum absolute atomic E-state index is 12.7. The summed E-state index contributed by atoms with van der Waals surface area (Å²) < 4.78 is 5.51. The van der Waals surface area contributed by atoms with Crippen molar-refractivity contribution in [3.63, 3.8) is 0 Å². The number of carboxylic acids is 1. The van der Waals surface area contributed by atoms with E-state index in [1.54, 1.807) is 28.0 Å². The van der Waals surface area contributed by atoms with Crippen LogP contribution in [-0.4, -0.2) is 65.5 Å². The van der Waals surface area contributed by atoms with Crippen LogP contribution in [0.4, 0.5) is 0 Å². The van der Waals surface area contributed by atoms with Crippen molar-refractivity contribution in [3.8, 4) is 5.75 Å². The zero-order valence-electron chi connectivity index (χ0n) is 14.2. The Morgan fingerprint density at radius 3 is 2.32 bits per heavy atom. The number of rotatable bonds is 5. The number of hydrogen-bond acceptors (Lipinski definition) is 4. The van der Waals surface area contributed by atoms with E-state index in [1.807, 2.05) is 13.0 Å². The summed E-state index contributed by atoms with van der Waals surface area (Å²) in [4.78, 5) is 39.3. The number of aliphatic carboxylic acids is 1. The van der Waals surface area contributed by atoms with Crippen molar-refractivity contribution in [2.24, 2.45) is 11.8 Å². The fourth-order valence-corrected chi connectivity index (χ4v) is 3.20. The first-order valence-electron chi connectivity index (χ1n) is 8.55. The minimum Gasteiger partial charge on any atom is -0.493 e. The van der Waals surface area contributed by atoms with E-state index in [-0.39, 0.29) is 11.8 Å². The molecule has 0 aromatic heterocycles. The Kier molecular flexibility index (Phi) is 4.92. The van der Waals surface area contributed by atoms with Crippen molar-refractivity contribution in [3.05, 3.63) is 29.8 Å². The second-order valence-electron chi connectivity index (χ2n) is 6.33. The summed E-state index contributed by atoms with van der Waals surface area (Å²) in [5.41, 5.74) is 0.525. The van der Waals surface area contributed by atoms with Crippen LogP contribution >= 0.6 is 0 Å². The van der Waals surface area contributed by atoms with Crippen molar-refractivity contribution in [2.75, 3.05) is 32.8 Å². The molecule has 0 unspecified atom stereocenters. The van der Waals surface area contributed by atoms with Gasteiger partial charge in [0.05, 0.1) is 24.0 Å². The highest BCUT2D eigenvalue weighted by Gasteiger charge is 2.50. The number of carbonyl (C=O) groups excluding carboxylic acids is 2. The van der Waals surface area contributed by atoms with Gasteiger partial charge in [0.2, 0.25) is 5.91 Å². The Bertz CT molecular complexity index is 682. The minimum atomic E-state index is -0.903. The average molecular weight is 346 g/mol. The Labute approximate surface area is 146 Å². The van der Waals surface area contributed by atoms with E-state index in [9.17, 15) is 14.4 Å². The molecule has 1 heterocycles. The molecule has 7 heteroatoms. The average Bonchev–Trinajstić information content (AvgIpc) is 3.42. The Balaban J connectivity index is 1.58. The van der Waals surface area contributed by atoms with E-state index in [0.29, 0.717) is 50.5 Å². The molecule has 1 aromatic rings. The van der Waals surface area contributed by atoms with Crippen LogP contribution in [0.15, 0.2) is 24.3 Å². The molecular formula is C18H22N2O5. The first kappa shape index (κ1) is 17.3. The van der Waals surface area contributed by atoms with Gasteiger partial charge in [0, 0.05) is 26.2 Å². The van der Waals surface area contributed by atoms with Crippen molar-refractivity contribution in [2.45, 2.75) is 13.3 Å². The van der Waals surface area contributed by atoms with E-state index in [1.165, 1.54) is 0 Å². The molecule has 134 valence electrons. The number of carboxylic acid groups (broad SMARTS) is 1. The molecule has 0 spiro atoms. The fraction of sp³-hybridized carbons (Fsp3) is 0.500. The Morgan fingerprint density at radius 1 is 1.08 bits per heavy atom. The van der Waals surface area contributed by atoms with Crippen LogP contribution in [0.3, 0.4) is 0 Å². The number of amides is 2. The minimum absolute atomic E-state index is 0.103. The van der Waals surface area contributed by atoms with Gasteiger partial charge in [0.25, 0.3) is 5.91 Å². The second-order valence-corrected chi connectivity index (χ2v) is 6.33. The SMILES string of the molecule is CCOc1ccccc1C(=O)N1CCN(C(=O)[C@@H]2C[C@@H]2C(=O)O)CC1. The van der Waals surface area contributed by atoms with E-state index >= 15 is 0 Å². The molecule has 2 fully saturated rings. The van der Waals surface area contributed by atoms with Crippen LogP contribution in [0.5, 0.6) is 5.75 Å². The first-order chi connectivity index (χ1) is 12.0. The number of benzene rings is 1. The highest BCUT2D eigenvalue weighted by Crippen LogP contribution is 2.40. The molecule has 1 saturated heterocycles. The highest BCUT2D eigenvalue weighted by molar-refractivity contribution is 5.97. The summed E-state index contributed by atoms with van der Waals surface area (Å²) in [6, 6.07) is 7.14. The molecule has 25 heavy (non-hydrogen) atoms. The summed E-state index contributed by atoms with van der Waals surface area (Å²) in [7, 11) is 0. The quantitative estimate of drug-likeness (QED) is 0.862. The summed E-state index contributed by atoms with van der Waals surface area (Å²) in [5, 5.41) is 8.95. The fourth-order valence-electron chi connectivity index (χ4n) is 3.20. The molecule has 2 amide bonds. The Hall–Kier alpha value is -2.57. The van der Waals surface area contributed by atoms with Gasteiger partial charge in [0.1, 0.15) is 5.75 Å². The number of hydrogen-bond donors (Lipinski definition) is 1. The number of ether oxygens (including phenoxy) is 1. The van der Waals surface area contributed by atoms with Gasteiger partial charge in [-0.25, -0.2) is 0 Å². The van der Waals surface area contributed by atoms with Gasteiger partial charge in [0.15, 0.2) is 0 Å². The van der Waals surface area contributed by atoms with Gasteiger partial charge in [-0.1, -0.05) is 12.1 Å².